The van der Waals surface area contributed by atoms with Crippen molar-refractivity contribution in [2.75, 3.05) is 38.0 Å². The Bertz CT molecular complexity index is 2660. The van der Waals surface area contributed by atoms with Gasteiger partial charge in [0.05, 0.1) is 32.6 Å². The van der Waals surface area contributed by atoms with Crippen molar-refractivity contribution in [3.63, 3.8) is 0 Å². The van der Waals surface area contributed by atoms with Crippen LogP contribution in [0.5, 0.6) is 23.0 Å². The molecule has 0 saturated carbocycles. The van der Waals surface area contributed by atoms with Crippen LogP contribution in [0.25, 0.3) is 32.3 Å². The van der Waals surface area contributed by atoms with E-state index in [-0.39, 0.29) is 0 Å². The normalized spacial score (nSPS) is 10.0. The highest BCUT2D eigenvalue weighted by Gasteiger charge is 2.18. The molecule has 3 heterocycles. The second-order valence-corrected chi connectivity index (χ2v) is 14.9. The van der Waals surface area contributed by atoms with Gasteiger partial charge in [-0.3, -0.25) is 40.2 Å². The fraction of sp³-hybridized carbons (Fsp3) is 0.160. The number of anilines is 2. The molecule has 0 aliphatic rings. The molecule has 0 aliphatic heterocycles. The maximum absolute atomic E-state index is 10.1. The highest BCUT2D eigenvalue weighted by Crippen LogP contribution is 2.36. The van der Waals surface area contributed by atoms with Crippen LogP contribution in [0.4, 0.5) is 22.7 Å². The summed E-state index contributed by atoms with van der Waals surface area (Å²) in [6, 6.07) is 36.9. The van der Waals surface area contributed by atoms with Crippen molar-refractivity contribution in [3.05, 3.63) is 189 Å². The first-order valence-corrected chi connectivity index (χ1v) is 20.3. The van der Waals surface area contributed by atoms with Crippen molar-refractivity contribution < 1.29 is 30.3 Å². The Kier molecular flexibility index (Phi) is 17.9. The Morgan fingerprint density at radius 1 is 0.409 bits per heavy atom. The van der Waals surface area contributed by atoms with E-state index in [4.69, 9.17) is 20.4 Å². The molecule has 4 N–H and O–H groups in total. The molecule has 340 valence electrons. The predicted octanol–water partition coefficient (Wildman–Crippen LogP) is 10.6. The van der Waals surface area contributed by atoms with Gasteiger partial charge >= 0.3 is 11.4 Å². The number of rotatable bonds is 4. The zero-order valence-electron chi connectivity index (χ0n) is 37.9. The second-order valence-electron chi connectivity index (χ2n) is 14.9. The third-order valence-electron chi connectivity index (χ3n) is 9.82. The van der Waals surface area contributed by atoms with Crippen LogP contribution in [-0.2, 0) is 0 Å². The Morgan fingerprint density at radius 2 is 0.652 bits per heavy atom. The van der Waals surface area contributed by atoms with Gasteiger partial charge in [0.15, 0.2) is 23.0 Å². The molecular weight excluding hydrogens is 841 g/mol. The number of phenolic OH excluding ortho intramolecular Hbond substituents is 4. The number of benzene rings is 6. The van der Waals surface area contributed by atoms with E-state index in [1.54, 1.807) is 24.8 Å². The summed E-state index contributed by atoms with van der Waals surface area (Å²) in [7, 11) is 8.04. The molecule has 66 heavy (non-hydrogen) atoms. The molecule has 6 aromatic carbocycles. The Labute approximate surface area is 382 Å². The number of nitrogens with zero attached hydrogens (tertiary/aromatic N) is 8. The van der Waals surface area contributed by atoms with E-state index in [9.17, 15) is 20.2 Å². The molecule has 0 fully saturated rings. The molecule has 0 saturated heterocycles. The number of phenols is 4. The van der Waals surface area contributed by atoms with Crippen molar-refractivity contribution in [2.24, 2.45) is 0 Å². The lowest BCUT2D eigenvalue weighted by atomic mass is 9.95. The lowest BCUT2D eigenvalue weighted by Gasteiger charge is -2.10. The molecule has 0 amide bonds. The number of hydrogen-bond acceptors (Lipinski definition) is 14. The van der Waals surface area contributed by atoms with Crippen LogP contribution in [-0.4, -0.2) is 78.4 Å². The number of aromatic nitrogens is 4. The van der Waals surface area contributed by atoms with Crippen LogP contribution in [0, 0.1) is 47.9 Å². The van der Waals surface area contributed by atoms with E-state index < -0.39 is 44.2 Å². The summed E-state index contributed by atoms with van der Waals surface area (Å²) in [4.78, 5) is 39.1. The molecule has 9 rings (SSSR count). The van der Waals surface area contributed by atoms with Crippen LogP contribution in [0.3, 0.4) is 0 Å². The first-order chi connectivity index (χ1) is 31.4. The topological polar surface area (TPSA) is 225 Å². The minimum Gasteiger partial charge on any atom is -0.502 e. The standard InChI is InChI=1S/C16H10.C8H12N2.2C7H10N2.2C6H5NO4/c1-3-11-7-9-13-5-2-6-14-10-8-12(4-1)15(11)16(13)14;1-5-6(2)10-8(4)7(3)9-5;2*1-9(2)7-3-5-8-6-4-7;2*8-4-2-1-3-5(9)6(4)7(10)11/h1-10H;1-4H3;2*3-6H,1-2H3;2*1-3,8-9H. The van der Waals surface area contributed by atoms with Crippen molar-refractivity contribution >= 4 is 55.1 Å². The molecule has 16 heteroatoms. The summed E-state index contributed by atoms with van der Waals surface area (Å²) >= 11 is 0. The number of para-hydroxylation sites is 2. The summed E-state index contributed by atoms with van der Waals surface area (Å²) in [5.41, 5.74) is 5.17. The number of nitro groups is 2. The van der Waals surface area contributed by atoms with Crippen LogP contribution in [0.2, 0.25) is 0 Å². The predicted molar refractivity (Wildman–Crippen MR) is 261 cm³/mol. The third kappa shape index (κ3) is 13.7. The monoisotopic (exact) mass is 892 g/mol. The van der Waals surface area contributed by atoms with Gasteiger partial charge in [-0.1, -0.05) is 72.8 Å². The van der Waals surface area contributed by atoms with Crippen molar-refractivity contribution in [1.29, 1.82) is 0 Å². The molecule has 9 aromatic rings. The molecule has 0 aliphatic carbocycles. The highest BCUT2D eigenvalue weighted by atomic mass is 16.6. The van der Waals surface area contributed by atoms with Gasteiger partial charge < -0.3 is 30.2 Å². The van der Waals surface area contributed by atoms with E-state index in [1.807, 2.05) is 90.0 Å². The van der Waals surface area contributed by atoms with Gasteiger partial charge in [0, 0.05) is 64.4 Å². The fourth-order valence-corrected chi connectivity index (χ4v) is 6.19. The van der Waals surface area contributed by atoms with Crippen molar-refractivity contribution in [2.45, 2.75) is 27.7 Å². The lowest BCUT2D eigenvalue weighted by Crippen LogP contribution is -2.07. The molecule has 16 nitrogen and oxygen atoms in total. The average molecular weight is 893 g/mol. The van der Waals surface area contributed by atoms with E-state index in [1.165, 1.54) is 55.8 Å². The fourth-order valence-electron chi connectivity index (χ4n) is 6.19. The van der Waals surface area contributed by atoms with Gasteiger partial charge in [-0.05, 0) is 109 Å². The van der Waals surface area contributed by atoms with Gasteiger partial charge in [-0.25, -0.2) is 0 Å². The van der Waals surface area contributed by atoms with Gasteiger partial charge in [0.25, 0.3) is 0 Å². The largest absolute Gasteiger partial charge is 0.502 e. The minimum atomic E-state index is -0.843. The molecule has 0 unspecified atom stereocenters. The number of pyridine rings is 2. The smallest absolute Gasteiger partial charge is 0.351 e. The SMILES string of the molecule is CN(C)c1ccncc1.CN(C)c1ccncc1.Cc1nc(C)c(C)nc1C.O=[N+]([O-])c1c(O)cccc1O.O=[N+]([O-])c1c(O)cccc1O.c1cc2ccc3cccc4ccc(c1)c2c34. The average Bonchev–Trinajstić information content (AvgIpc) is 3.29. The van der Waals surface area contributed by atoms with Gasteiger partial charge in [-0.2, -0.15) is 0 Å². The molecule has 0 radical (unpaired) electrons. The zero-order valence-corrected chi connectivity index (χ0v) is 37.9. The minimum absolute atomic E-state index is 0.532. The molecule has 3 aromatic heterocycles. The maximum atomic E-state index is 10.1. The maximum Gasteiger partial charge on any atom is 0.351 e. The van der Waals surface area contributed by atoms with E-state index in [0.29, 0.717) is 0 Å². The van der Waals surface area contributed by atoms with Crippen LogP contribution in [0.15, 0.2) is 146 Å². The van der Waals surface area contributed by atoms with Gasteiger partial charge in [0.2, 0.25) is 0 Å². The number of aryl methyl sites for hydroxylation is 4. The van der Waals surface area contributed by atoms with Crippen molar-refractivity contribution in [1.82, 2.24) is 19.9 Å². The van der Waals surface area contributed by atoms with E-state index in [2.05, 4.69) is 80.6 Å². The van der Waals surface area contributed by atoms with Gasteiger partial charge in [-0.15, -0.1) is 0 Å². The molecule has 0 atom stereocenters. The lowest BCUT2D eigenvalue weighted by molar-refractivity contribution is -0.387. The van der Waals surface area contributed by atoms with Crippen molar-refractivity contribution in [3.8, 4) is 23.0 Å². The van der Waals surface area contributed by atoms with E-state index >= 15 is 0 Å². The molecule has 0 spiro atoms. The summed E-state index contributed by atoms with van der Waals surface area (Å²) in [6.07, 6.45) is 7.15. The molecule has 0 bridgehead atoms. The summed E-state index contributed by atoms with van der Waals surface area (Å²) in [5.74, 6) is -2.13. The zero-order chi connectivity index (χ0) is 48.5. The van der Waals surface area contributed by atoms with E-state index in [0.717, 1.165) is 47.0 Å². The Morgan fingerprint density at radius 3 is 0.848 bits per heavy atom. The number of hydrogen-bond donors (Lipinski definition) is 4. The summed E-state index contributed by atoms with van der Waals surface area (Å²) < 4.78 is 0. The highest BCUT2D eigenvalue weighted by molar-refractivity contribution is 6.22. The first kappa shape index (κ1) is 50.0. The number of nitro benzene ring substituents is 2. The van der Waals surface area contributed by atoms with Crippen LogP contribution in [0.1, 0.15) is 22.8 Å². The molecular formula is C50H52N8O8. The van der Waals surface area contributed by atoms with Crippen LogP contribution >= 0.6 is 0 Å². The third-order valence-corrected chi connectivity index (χ3v) is 9.82. The van der Waals surface area contributed by atoms with Crippen LogP contribution < -0.4 is 9.80 Å². The Balaban J connectivity index is 0.000000176. The first-order valence-electron chi connectivity index (χ1n) is 20.3. The second kappa shape index (κ2) is 23.7. The Hall–Kier alpha value is -8.66. The summed E-state index contributed by atoms with van der Waals surface area (Å²) in [6.45, 7) is 7.92. The quantitative estimate of drug-likeness (QED) is 0.0733. The van der Waals surface area contributed by atoms with Gasteiger partial charge in [0.1, 0.15) is 0 Å². The number of aromatic hydroxyl groups is 4. The summed E-state index contributed by atoms with van der Waals surface area (Å²) in [5, 5.41) is 63.8.